The normalized spacial score (nSPS) is 27.8. The van der Waals surface area contributed by atoms with Crippen molar-refractivity contribution in [2.24, 2.45) is 5.92 Å². The summed E-state index contributed by atoms with van der Waals surface area (Å²) >= 11 is 0. The van der Waals surface area contributed by atoms with Crippen LogP contribution in [-0.2, 0) is 9.53 Å². The van der Waals surface area contributed by atoms with E-state index in [1.807, 2.05) is 0 Å². The summed E-state index contributed by atoms with van der Waals surface area (Å²) in [5.41, 5.74) is 0. The van der Waals surface area contributed by atoms with Crippen LogP contribution < -0.4 is 5.32 Å². The second-order valence-corrected chi connectivity index (χ2v) is 3.07. The lowest BCUT2D eigenvalue weighted by atomic mass is 9.99. The Hall–Kier alpha value is -0.570. The Balaban J connectivity index is 2.39. The molecule has 0 aromatic rings. The van der Waals surface area contributed by atoms with Crippen LogP contribution in [0.5, 0.6) is 0 Å². The van der Waals surface area contributed by atoms with Gasteiger partial charge in [-0.15, -0.1) is 0 Å². The van der Waals surface area contributed by atoms with Gasteiger partial charge in [-0.1, -0.05) is 20.3 Å². The predicted molar refractivity (Wildman–Crippen MR) is 42.2 cm³/mol. The molecule has 1 aliphatic heterocycles. The second-order valence-electron chi connectivity index (χ2n) is 3.07. The van der Waals surface area contributed by atoms with E-state index in [2.05, 4.69) is 19.2 Å². The van der Waals surface area contributed by atoms with Crippen LogP contribution in [0.1, 0.15) is 20.3 Å². The van der Waals surface area contributed by atoms with E-state index < -0.39 is 0 Å². The highest BCUT2D eigenvalue weighted by Crippen LogP contribution is 2.10. The minimum atomic E-state index is 0.0153. The molecule has 3 nitrogen and oxygen atoms in total. The van der Waals surface area contributed by atoms with E-state index in [-0.39, 0.29) is 18.6 Å². The third kappa shape index (κ3) is 2.19. The molecular weight excluding hydrogens is 142 g/mol. The van der Waals surface area contributed by atoms with Gasteiger partial charge in [0.05, 0.1) is 12.6 Å². The molecule has 1 saturated heterocycles. The van der Waals surface area contributed by atoms with E-state index in [0.717, 1.165) is 6.42 Å². The first-order valence-electron chi connectivity index (χ1n) is 4.11. The van der Waals surface area contributed by atoms with Crippen molar-refractivity contribution in [1.82, 2.24) is 5.32 Å². The number of carbonyl (C=O) groups is 1. The molecule has 1 aliphatic rings. The van der Waals surface area contributed by atoms with Crippen LogP contribution in [0.2, 0.25) is 0 Å². The number of amides is 1. The maximum Gasteiger partial charge on any atom is 0.246 e. The molecule has 0 aromatic heterocycles. The van der Waals surface area contributed by atoms with Gasteiger partial charge >= 0.3 is 0 Å². The fourth-order valence-electron chi connectivity index (χ4n) is 1.16. The molecular formula is C8H15NO2. The van der Waals surface area contributed by atoms with E-state index >= 15 is 0 Å². The molecule has 0 aliphatic carbocycles. The SMILES string of the molecule is CCC(C)[C@@H]1COCC(=O)N1. The molecule has 1 heterocycles. The summed E-state index contributed by atoms with van der Waals surface area (Å²) in [4.78, 5) is 10.9. The quantitative estimate of drug-likeness (QED) is 0.635. The first-order valence-corrected chi connectivity index (χ1v) is 4.11. The lowest BCUT2D eigenvalue weighted by Gasteiger charge is -2.27. The maximum absolute atomic E-state index is 10.9. The lowest BCUT2D eigenvalue weighted by Crippen LogP contribution is -2.48. The Labute approximate surface area is 67.1 Å². The Morgan fingerprint density at radius 1 is 1.82 bits per heavy atom. The van der Waals surface area contributed by atoms with E-state index in [4.69, 9.17) is 4.74 Å². The maximum atomic E-state index is 10.9. The molecule has 0 spiro atoms. The van der Waals surface area contributed by atoms with Crippen molar-refractivity contribution in [1.29, 1.82) is 0 Å². The monoisotopic (exact) mass is 157 g/mol. The molecule has 1 rings (SSSR count). The average Bonchev–Trinajstić information content (AvgIpc) is 2.03. The van der Waals surface area contributed by atoms with Gasteiger partial charge < -0.3 is 10.1 Å². The van der Waals surface area contributed by atoms with Crippen molar-refractivity contribution in [3.05, 3.63) is 0 Å². The minimum Gasteiger partial charge on any atom is -0.370 e. The minimum absolute atomic E-state index is 0.0153. The topological polar surface area (TPSA) is 38.3 Å². The lowest BCUT2D eigenvalue weighted by molar-refractivity contribution is -0.132. The Morgan fingerprint density at radius 3 is 3.09 bits per heavy atom. The van der Waals surface area contributed by atoms with Gasteiger partial charge in [0.2, 0.25) is 5.91 Å². The summed E-state index contributed by atoms with van der Waals surface area (Å²) in [7, 11) is 0. The molecule has 2 atom stereocenters. The number of rotatable bonds is 2. The molecule has 1 fully saturated rings. The second kappa shape index (κ2) is 3.72. The number of nitrogens with one attached hydrogen (secondary N) is 1. The number of ether oxygens (including phenoxy) is 1. The first-order chi connectivity index (χ1) is 5.24. The van der Waals surface area contributed by atoms with Crippen molar-refractivity contribution in [2.75, 3.05) is 13.2 Å². The highest BCUT2D eigenvalue weighted by Gasteiger charge is 2.22. The molecule has 3 heteroatoms. The van der Waals surface area contributed by atoms with Gasteiger partial charge in [-0.25, -0.2) is 0 Å². The molecule has 1 N–H and O–H groups in total. The van der Waals surface area contributed by atoms with Crippen molar-refractivity contribution in [3.63, 3.8) is 0 Å². The van der Waals surface area contributed by atoms with Crippen LogP contribution in [-0.4, -0.2) is 25.2 Å². The highest BCUT2D eigenvalue weighted by atomic mass is 16.5. The smallest absolute Gasteiger partial charge is 0.246 e. The van der Waals surface area contributed by atoms with Gasteiger partial charge in [-0.3, -0.25) is 4.79 Å². The fraction of sp³-hybridized carbons (Fsp3) is 0.875. The van der Waals surface area contributed by atoms with Gasteiger partial charge in [0.25, 0.3) is 0 Å². The van der Waals surface area contributed by atoms with Crippen LogP contribution in [0.4, 0.5) is 0 Å². The van der Waals surface area contributed by atoms with Crippen molar-refractivity contribution < 1.29 is 9.53 Å². The van der Waals surface area contributed by atoms with E-state index in [1.54, 1.807) is 0 Å². The molecule has 1 amide bonds. The van der Waals surface area contributed by atoms with Gasteiger partial charge in [0, 0.05) is 0 Å². The van der Waals surface area contributed by atoms with Gasteiger partial charge in [0.1, 0.15) is 6.61 Å². The number of hydrogen-bond donors (Lipinski definition) is 1. The van der Waals surface area contributed by atoms with Crippen molar-refractivity contribution in [2.45, 2.75) is 26.3 Å². The Morgan fingerprint density at radius 2 is 2.55 bits per heavy atom. The standard InChI is InChI=1S/C8H15NO2/c1-3-6(2)7-4-11-5-8(10)9-7/h6-7H,3-5H2,1-2H3,(H,9,10)/t6?,7-/m0/s1. The summed E-state index contributed by atoms with van der Waals surface area (Å²) in [6.07, 6.45) is 1.08. The summed E-state index contributed by atoms with van der Waals surface area (Å²) in [6, 6.07) is 0.223. The molecule has 1 unspecified atom stereocenters. The summed E-state index contributed by atoms with van der Waals surface area (Å²) < 4.78 is 5.11. The zero-order valence-corrected chi connectivity index (χ0v) is 7.09. The van der Waals surface area contributed by atoms with Gasteiger partial charge in [0.15, 0.2) is 0 Å². The summed E-state index contributed by atoms with van der Waals surface area (Å²) in [5, 5.41) is 2.90. The van der Waals surface area contributed by atoms with Gasteiger partial charge in [-0.2, -0.15) is 0 Å². The third-order valence-electron chi connectivity index (χ3n) is 2.21. The van der Waals surface area contributed by atoms with Gasteiger partial charge in [-0.05, 0) is 5.92 Å². The van der Waals surface area contributed by atoms with Crippen LogP contribution >= 0.6 is 0 Å². The number of hydrogen-bond acceptors (Lipinski definition) is 2. The first kappa shape index (κ1) is 8.53. The molecule has 0 aromatic carbocycles. The number of morpholine rings is 1. The van der Waals surface area contributed by atoms with Crippen LogP contribution in [0.3, 0.4) is 0 Å². The summed E-state index contributed by atoms with van der Waals surface area (Å²) in [5.74, 6) is 0.529. The van der Waals surface area contributed by atoms with Crippen molar-refractivity contribution >= 4 is 5.91 Å². The van der Waals surface area contributed by atoms with Crippen LogP contribution in [0, 0.1) is 5.92 Å². The van der Waals surface area contributed by atoms with Crippen LogP contribution in [0.25, 0.3) is 0 Å². The highest BCUT2D eigenvalue weighted by molar-refractivity contribution is 5.78. The number of carbonyl (C=O) groups excluding carboxylic acids is 1. The molecule has 0 bridgehead atoms. The Bertz CT molecular complexity index is 147. The molecule has 0 radical (unpaired) electrons. The van der Waals surface area contributed by atoms with E-state index in [9.17, 15) is 4.79 Å². The zero-order valence-electron chi connectivity index (χ0n) is 7.09. The average molecular weight is 157 g/mol. The molecule has 64 valence electrons. The van der Waals surface area contributed by atoms with Crippen molar-refractivity contribution in [3.8, 4) is 0 Å². The Kier molecular flexibility index (Phi) is 2.88. The van der Waals surface area contributed by atoms with Crippen LogP contribution in [0.15, 0.2) is 0 Å². The predicted octanol–water partition coefficient (Wildman–Crippen LogP) is 0.547. The third-order valence-corrected chi connectivity index (χ3v) is 2.21. The fourth-order valence-corrected chi connectivity index (χ4v) is 1.16. The summed E-state index contributed by atoms with van der Waals surface area (Å²) in [6.45, 7) is 5.14. The molecule has 0 saturated carbocycles. The molecule has 11 heavy (non-hydrogen) atoms. The largest absolute Gasteiger partial charge is 0.370 e. The van der Waals surface area contributed by atoms with E-state index in [1.165, 1.54) is 0 Å². The zero-order chi connectivity index (χ0) is 8.27. The van der Waals surface area contributed by atoms with E-state index in [0.29, 0.717) is 12.5 Å².